The third kappa shape index (κ3) is 2.74. The minimum atomic E-state index is -0.334. The van der Waals surface area contributed by atoms with E-state index in [0.29, 0.717) is 12.4 Å². The van der Waals surface area contributed by atoms with Gasteiger partial charge in [0.1, 0.15) is 17.4 Å². The zero-order chi connectivity index (χ0) is 14.5. The number of fused-ring (bicyclic) bond motifs is 1. The minimum Gasteiger partial charge on any atom is -0.479 e. The fraction of sp³-hybridized carbons (Fsp3) is 0.538. The van der Waals surface area contributed by atoms with Crippen molar-refractivity contribution < 1.29 is 14.9 Å². The Morgan fingerprint density at radius 3 is 2.70 bits per heavy atom. The fourth-order valence-corrected chi connectivity index (χ4v) is 2.14. The number of hydrogen-bond donors (Lipinski definition) is 3. The highest BCUT2D eigenvalue weighted by molar-refractivity contribution is 5.83. The van der Waals surface area contributed by atoms with Gasteiger partial charge in [0.2, 0.25) is 5.88 Å². The van der Waals surface area contributed by atoms with Crippen LogP contribution in [0.5, 0.6) is 5.88 Å². The van der Waals surface area contributed by atoms with Gasteiger partial charge in [-0.15, -0.1) is 0 Å². The van der Waals surface area contributed by atoms with Gasteiger partial charge in [-0.05, 0) is 6.92 Å². The first kappa shape index (κ1) is 14.7. The molecule has 7 heteroatoms. The molecule has 20 heavy (non-hydrogen) atoms. The van der Waals surface area contributed by atoms with Crippen LogP contribution in [0.15, 0.2) is 12.5 Å². The lowest BCUT2D eigenvalue weighted by Gasteiger charge is -2.12. The Hall–Kier alpha value is -1.70. The first-order valence-corrected chi connectivity index (χ1v) is 6.56. The molecular weight excluding hydrogens is 260 g/mol. The van der Waals surface area contributed by atoms with Gasteiger partial charge in [0.25, 0.3) is 0 Å². The van der Waals surface area contributed by atoms with Crippen molar-refractivity contribution in [1.82, 2.24) is 19.9 Å². The van der Waals surface area contributed by atoms with Crippen LogP contribution in [0.2, 0.25) is 0 Å². The standard InChI is InChI=1S/C13H20N4O3/c1-3-17-5-9(4-14-10(6-18)7-19)11-12(17)13(20-2)16-8-15-11/h5,8,10,14,18-19H,3-4,6-7H2,1-2H3. The molecular formula is C13H20N4O3. The van der Waals surface area contributed by atoms with Gasteiger partial charge in [-0.25, -0.2) is 4.98 Å². The van der Waals surface area contributed by atoms with Crippen LogP contribution in [0.4, 0.5) is 0 Å². The maximum absolute atomic E-state index is 9.08. The summed E-state index contributed by atoms with van der Waals surface area (Å²) < 4.78 is 7.30. The fourth-order valence-electron chi connectivity index (χ4n) is 2.14. The molecule has 110 valence electrons. The Kier molecular flexibility index (Phi) is 4.89. The van der Waals surface area contributed by atoms with Crippen LogP contribution >= 0.6 is 0 Å². The molecule has 0 aromatic carbocycles. The Bertz CT molecular complexity index is 566. The van der Waals surface area contributed by atoms with E-state index in [2.05, 4.69) is 15.3 Å². The number of nitrogens with zero attached hydrogens (tertiary/aromatic N) is 3. The lowest BCUT2D eigenvalue weighted by atomic mass is 10.2. The smallest absolute Gasteiger partial charge is 0.241 e. The molecule has 0 aliphatic heterocycles. The molecule has 0 radical (unpaired) electrons. The van der Waals surface area contributed by atoms with Crippen LogP contribution in [0, 0.1) is 0 Å². The number of ether oxygens (including phenoxy) is 1. The molecule has 0 saturated carbocycles. The highest BCUT2D eigenvalue weighted by atomic mass is 16.5. The molecule has 0 unspecified atom stereocenters. The summed E-state index contributed by atoms with van der Waals surface area (Å²) in [5, 5.41) is 21.2. The topological polar surface area (TPSA) is 92.4 Å². The summed E-state index contributed by atoms with van der Waals surface area (Å²) in [6.45, 7) is 3.11. The first-order valence-electron chi connectivity index (χ1n) is 6.56. The van der Waals surface area contributed by atoms with E-state index >= 15 is 0 Å². The number of hydrogen-bond acceptors (Lipinski definition) is 6. The van der Waals surface area contributed by atoms with Gasteiger partial charge >= 0.3 is 0 Å². The summed E-state index contributed by atoms with van der Waals surface area (Å²) in [6.07, 6.45) is 3.46. The molecule has 0 atom stereocenters. The molecule has 0 bridgehead atoms. The molecule has 0 amide bonds. The second kappa shape index (κ2) is 6.65. The summed E-state index contributed by atoms with van der Waals surface area (Å²) in [4.78, 5) is 8.43. The van der Waals surface area contributed by atoms with Crippen LogP contribution in [0.3, 0.4) is 0 Å². The molecule has 0 spiro atoms. The van der Waals surface area contributed by atoms with E-state index in [1.807, 2.05) is 17.7 Å². The number of nitrogens with one attached hydrogen (secondary N) is 1. The number of aryl methyl sites for hydroxylation is 1. The predicted molar refractivity (Wildman–Crippen MR) is 74.6 cm³/mol. The zero-order valence-electron chi connectivity index (χ0n) is 11.7. The van der Waals surface area contributed by atoms with Crippen molar-refractivity contribution in [2.45, 2.75) is 26.1 Å². The maximum atomic E-state index is 9.08. The van der Waals surface area contributed by atoms with Crippen LogP contribution < -0.4 is 10.1 Å². The second-order valence-electron chi connectivity index (χ2n) is 4.46. The van der Waals surface area contributed by atoms with Crippen molar-refractivity contribution in [3.63, 3.8) is 0 Å². The zero-order valence-corrected chi connectivity index (χ0v) is 11.7. The van der Waals surface area contributed by atoms with Crippen molar-refractivity contribution in [3.05, 3.63) is 18.1 Å². The Morgan fingerprint density at radius 2 is 2.10 bits per heavy atom. The monoisotopic (exact) mass is 280 g/mol. The highest BCUT2D eigenvalue weighted by Crippen LogP contribution is 2.26. The third-order valence-electron chi connectivity index (χ3n) is 3.25. The molecule has 7 nitrogen and oxygen atoms in total. The predicted octanol–water partition coefficient (Wildman–Crippen LogP) is -0.0974. The summed E-state index contributed by atoms with van der Waals surface area (Å²) in [5.41, 5.74) is 2.66. The summed E-state index contributed by atoms with van der Waals surface area (Å²) in [6, 6.07) is -0.334. The Morgan fingerprint density at radius 1 is 1.35 bits per heavy atom. The van der Waals surface area contributed by atoms with Gasteiger partial charge in [0.05, 0.1) is 26.4 Å². The SMILES string of the molecule is CCn1cc(CNC(CO)CO)c2ncnc(OC)c21. The minimum absolute atomic E-state index is 0.110. The van der Waals surface area contributed by atoms with E-state index in [0.717, 1.165) is 23.1 Å². The molecule has 2 aromatic rings. The van der Waals surface area contributed by atoms with E-state index < -0.39 is 0 Å². The normalized spacial score (nSPS) is 11.4. The lowest BCUT2D eigenvalue weighted by molar-refractivity contribution is 0.170. The van der Waals surface area contributed by atoms with Crippen molar-refractivity contribution in [1.29, 1.82) is 0 Å². The molecule has 3 N–H and O–H groups in total. The van der Waals surface area contributed by atoms with Gasteiger partial charge in [-0.3, -0.25) is 0 Å². The van der Waals surface area contributed by atoms with Crippen LogP contribution in [0.25, 0.3) is 11.0 Å². The van der Waals surface area contributed by atoms with Crippen LogP contribution in [0.1, 0.15) is 12.5 Å². The molecule has 2 aromatic heterocycles. The van der Waals surface area contributed by atoms with E-state index in [4.69, 9.17) is 14.9 Å². The molecule has 2 rings (SSSR count). The average molecular weight is 280 g/mol. The van der Waals surface area contributed by atoms with Gasteiger partial charge in [0.15, 0.2) is 0 Å². The van der Waals surface area contributed by atoms with Gasteiger partial charge in [-0.2, -0.15) is 4.98 Å². The summed E-state index contributed by atoms with van der Waals surface area (Å²) in [7, 11) is 1.58. The van der Waals surface area contributed by atoms with Crippen LogP contribution in [-0.4, -0.2) is 51.1 Å². The number of aliphatic hydroxyl groups excluding tert-OH is 2. The van der Waals surface area contributed by atoms with Gasteiger partial charge in [-0.1, -0.05) is 0 Å². The molecule has 0 saturated heterocycles. The van der Waals surface area contributed by atoms with Crippen LogP contribution in [-0.2, 0) is 13.1 Å². The number of rotatable bonds is 7. The van der Waals surface area contributed by atoms with Gasteiger partial charge in [0, 0.05) is 24.8 Å². The van der Waals surface area contributed by atoms with Crippen molar-refractivity contribution in [3.8, 4) is 5.88 Å². The van der Waals surface area contributed by atoms with Crippen molar-refractivity contribution in [2.75, 3.05) is 20.3 Å². The van der Waals surface area contributed by atoms with Gasteiger partial charge < -0.3 is 24.8 Å². The summed E-state index contributed by atoms with van der Waals surface area (Å²) in [5.74, 6) is 0.545. The quantitative estimate of drug-likeness (QED) is 0.656. The molecule has 2 heterocycles. The third-order valence-corrected chi connectivity index (χ3v) is 3.25. The average Bonchev–Trinajstić information content (AvgIpc) is 2.86. The van der Waals surface area contributed by atoms with Crippen molar-refractivity contribution in [2.24, 2.45) is 0 Å². The second-order valence-corrected chi connectivity index (χ2v) is 4.46. The van der Waals surface area contributed by atoms with E-state index in [9.17, 15) is 0 Å². The molecule has 0 aliphatic carbocycles. The highest BCUT2D eigenvalue weighted by Gasteiger charge is 2.15. The Labute approximate surface area is 117 Å². The van der Waals surface area contributed by atoms with E-state index in [1.165, 1.54) is 6.33 Å². The lowest BCUT2D eigenvalue weighted by Crippen LogP contribution is -2.35. The number of methoxy groups -OCH3 is 1. The van der Waals surface area contributed by atoms with E-state index in [1.54, 1.807) is 7.11 Å². The van der Waals surface area contributed by atoms with Crippen molar-refractivity contribution >= 4 is 11.0 Å². The molecule has 0 fully saturated rings. The maximum Gasteiger partial charge on any atom is 0.241 e. The largest absolute Gasteiger partial charge is 0.479 e. The number of aliphatic hydroxyl groups is 2. The van der Waals surface area contributed by atoms with E-state index in [-0.39, 0.29) is 19.3 Å². The first-order chi connectivity index (χ1) is 9.74. The Balaban J connectivity index is 2.34. The summed E-state index contributed by atoms with van der Waals surface area (Å²) >= 11 is 0. The number of aromatic nitrogens is 3. The molecule has 0 aliphatic rings.